The number of aromatic amines is 1. The van der Waals surface area contributed by atoms with Crippen LogP contribution >= 0.6 is 0 Å². The van der Waals surface area contributed by atoms with E-state index in [9.17, 15) is 22.8 Å². The molecule has 32 heavy (non-hydrogen) atoms. The Hall–Kier alpha value is -3.22. The van der Waals surface area contributed by atoms with Gasteiger partial charge >= 0.3 is 12.1 Å². The number of pyridine rings is 1. The van der Waals surface area contributed by atoms with Gasteiger partial charge in [-0.3, -0.25) is 14.7 Å². The highest BCUT2D eigenvalue weighted by atomic mass is 19.4. The summed E-state index contributed by atoms with van der Waals surface area (Å²) in [6, 6.07) is 1.90. The third-order valence-corrected chi connectivity index (χ3v) is 6.06. The molecule has 1 spiro atoms. The lowest BCUT2D eigenvalue weighted by molar-refractivity contribution is -0.192. The number of likely N-dealkylation sites (tertiary alicyclic amines) is 1. The van der Waals surface area contributed by atoms with Crippen LogP contribution in [0.25, 0.3) is 10.9 Å². The molecule has 2 fully saturated rings. The van der Waals surface area contributed by atoms with Crippen molar-refractivity contribution in [3.05, 3.63) is 24.2 Å². The van der Waals surface area contributed by atoms with Crippen LogP contribution < -0.4 is 11.1 Å². The van der Waals surface area contributed by atoms with E-state index < -0.39 is 12.1 Å². The molecule has 5 N–H and O–H groups in total. The van der Waals surface area contributed by atoms with Gasteiger partial charge in [-0.25, -0.2) is 9.78 Å². The predicted octanol–water partition coefficient (Wildman–Crippen LogP) is 1.05. The van der Waals surface area contributed by atoms with Gasteiger partial charge in [-0.05, 0) is 37.2 Å². The van der Waals surface area contributed by atoms with Crippen molar-refractivity contribution in [1.29, 1.82) is 0 Å². The first-order chi connectivity index (χ1) is 15.1. The lowest BCUT2D eigenvalue weighted by Crippen LogP contribution is -2.60. The second-order valence-corrected chi connectivity index (χ2v) is 7.84. The van der Waals surface area contributed by atoms with E-state index >= 15 is 0 Å². The summed E-state index contributed by atoms with van der Waals surface area (Å²) in [6.07, 6.45) is 2.13. The monoisotopic (exact) mass is 456 g/mol. The molecule has 13 heteroatoms. The van der Waals surface area contributed by atoms with E-state index in [1.165, 1.54) is 0 Å². The van der Waals surface area contributed by atoms with Crippen LogP contribution in [0.1, 0.15) is 36.2 Å². The standard InChI is InChI=1S/C17H22N6O2.C2HF3O2/c18-8-15(24)23-5-3-17(4-6-23)2-1-14(17)21-16(25)12-7-11-9-20-22-13(11)10-19-12;3-2(4,5)1(6)7/h7,9-10,14H,1-6,8,18H2,(H,20,22)(H,21,25);(H,6,7). The number of halogens is 3. The predicted molar refractivity (Wildman–Crippen MR) is 105 cm³/mol. The van der Waals surface area contributed by atoms with Gasteiger partial charge in [-0.1, -0.05) is 0 Å². The van der Waals surface area contributed by atoms with E-state index in [-0.39, 0.29) is 29.8 Å². The molecule has 2 aromatic rings. The Labute approximate surface area is 180 Å². The third-order valence-electron chi connectivity index (χ3n) is 6.06. The highest BCUT2D eigenvalue weighted by Crippen LogP contribution is 2.49. The number of carboxylic acid groups (broad SMARTS) is 1. The maximum Gasteiger partial charge on any atom is 0.490 e. The van der Waals surface area contributed by atoms with Gasteiger partial charge in [0.2, 0.25) is 5.91 Å². The van der Waals surface area contributed by atoms with E-state index in [1.807, 2.05) is 4.90 Å². The van der Waals surface area contributed by atoms with Gasteiger partial charge in [-0.15, -0.1) is 0 Å². The topological polar surface area (TPSA) is 154 Å². The van der Waals surface area contributed by atoms with Gasteiger partial charge < -0.3 is 21.1 Å². The Kier molecular flexibility index (Phi) is 6.67. The maximum absolute atomic E-state index is 12.6. The number of piperidine rings is 1. The van der Waals surface area contributed by atoms with E-state index in [4.69, 9.17) is 15.6 Å². The Bertz CT molecular complexity index is 1000. The van der Waals surface area contributed by atoms with Crippen LogP contribution in [0.15, 0.2) is 18.5 Å². The van der Waals surface area contributed by atoms with Crippen molar-refractivity contribution >= 4 is 28.7 Å². The Morgan fingerprint density at radius 3 is 2.44 bits per heavy atom. The number of aromatic nitrogens is 3. The Morgan fingerprint density at radius 1 is 1.25 bits per heavy atom. The van der Waals surface area contributed by atoms with Crippen LogP contribution in [-0.2, 0) is 9.59 Å². The fourth-order valence-corrected chi connectivity index (χ4v) is 4.05. The molecule has 1 aliphatic heterocycles. The number of carboxylic acids is 1. The lowest BCUT2D eigenvalue weighted by atomic mass is 9.59. The van der Waals surface area contributed by atoms with Crippen molar-refractivity contribution in [1.82, 2.24) is 25.4 Å². The minimum Gasteiger partial charge on any atom is -0.475 e. The molecule has 1 saturated carbocycles. The molecule has 0 radical (unpaired) electrons. The number of aliphatic carboxylic acids is 1. The highest BCUT2D eigenvalue weighted by Gasteiger charge is 2.49. The summed E-state index contributed by atoms with van der Waals surface area (Å²) in [6.45, 7) is 1.51. The molecule has 2 amide bonds. The summed E-state index contributed by atoms with van der Waals surface area (Å²) in [5.41, 5.74) is 6.78. The van der Waals surface area contributed by atoms with Crippen molar-refractivity contribution < 1.29 is 32.7 Å². The summed E-state index contributed by atoms with van der Waals surface area (Å²) >= 11 is 0. The summed E-state index contributed by atoms with van der Waals surface area (Å²) in [7, 11) is 0. The van der Waals surface area contributed by atoms with Crippen molar-refractivity contribution in [2.24, 2.45) is 11.1 Å². The van der Waals surface area contributed by atoms with E-state index in [1.54, 1.807) is 18.5 Å². The maximum atomic E-state index is 12.6. The Morgan fingerprint density at radius 2 is 1.91 bits per heavy atom. The van der Waals surface area contributed by atoms with Gasteiger partial charge in [0.1, 0.15) is 5.69 Å². The van der Waals surface area contributed by atoms with Crippen molar-refractivity contribution in [3.8, 4) is 0 Å². The van der Waals surface area contributed by atoms with Gasteiger partial charge in [0.05, 0.1) is 24.5 Å². The molecule has 0 bridgehead atoms. The second-order valence-electron chi connectivity index (χ2n) is 7.84. The molecular formula is C19H23F3N6O4. The van der Waals surface area contributed by atoms with Crippen molar-refractivity contribution in [3.63, 3.8) is 0 Å². The first-order valence-corrected chi connectivity index (χ1v) is 9.94. The lowest BCUT2D eigenvalue weighted by Gasteiger charge is -2.54. The zero-order chi connectivity index (χ0) is 23.5. The zero-order valence-electron chi connectivity index (χ0n) is 17.0. The summed E-state index contributed by atoms with van der Waals surface area (Å²) in [5, 5.41) is 17.9. The normalized spacial score (nSPS) is 19.6. The highest BCUT2D eigenvalue weighted by molar-refractivity contribution is 5.95. The average Bonchev–Trinajstić information content (AvgIpc) is 3.23. The number of alkyl halides is 3. The molecule has 1 unspecified atom stereocenters. The quantitative estimate of drug-likeness (QED) is 0.538. The molecule has 4 rings (SSSR count). The third kappa shape index (κ3) is 4.98. The molecule has 3 heterocycles. The van der Waals surface area contributed by atoms with Crippen molar-refractivity contribution in [2.45, 2.75) is 37.9 Å². The van der Waals surface area contributed by atoms with E-state index in [2.05, 4.69) is 20.5 Å². The van der Waals surface area contributed by atoms with E-state index in [0.717, 1.165) is 49.7 Å². The number of hydrogen-bond acceptors (Lipinski definition) is 6. The van der Waals surface area contributed by atoms with Gasteiger partial charge in [0, 0.05) is 24.5 Å². The molecule has 1 atom stereocenters. The smallest absolute Gasteiger partial charge is 0.475 e. The first-order valence-electron chi connectivity index (χ1n) is 9.94. The van der Waals surface area contributed by atoms with Gasteiger partial charge in [0.15, 0.2) is 0 Å². The Balaban J connectivity index is 0.000000360. The second kappa shape index (κ2) is 9.10. The fourth-order valence-electron chi connectivity index (χ4n) is 4.05. The number of nitrogens with zero attached hydrogens (tertiary/aromatic N) is 3. The number of amides is 2. The number of nitrogens with one attached hydrogen (secondary N) is 2. The molecule has 0 aromatic carbocycles. The zero-order valence-corrected chi connectivity index (χ0v) is 17.0. The van der Waals surface area contributed by atoms with Crippen LogP contribution in [0, 0.1) is 5.41 Å². The van der Waals surface area contributed by atoms with Crippen LogP contribution in [-0.4, -0.2) is 74.8 Å². The van der Waals surface area contributed by atoms with Crippen LogP contribution in [0.3, 0.4) is 0 Å². The molecule has 1 saturated heterocycles. The number of carbonyl (C=O) groups is 3. The number of H-pyrrole nitrogens is 1. The molecule has 2 aromatic heterocycles. The number of fused-ring (bicyclic) bond motifs is 1. The van der Waals surface area contributed by atoms with Crippen LogP contribution in [0.4, 0.5) is 13.2 Å². The summed E-state index contributed by atoms with van der Waals surface area (Å²) in [5.74, 6) is -2.90. The molecule has 174 valence electrons. The number of rotatable bonds is 3. The molecule has 1 aliphatic carbocycles. The van der Waals surface area contributed by atoms with Gasteiger partial charge in [0.25, 0.3) is 5.91 Å². The average molecular weight is 456 g/mol. The number of hydrogen-bond donors (Lipinski definition) is 4. The van der Waals surface area contributed by atoms with Gasteiger partial charge in [-0.2, -0.15) is 18.3 Å². The summed E-state index contributed by atoms with van der Waals surface area (Å²) < 4.78 is 31.7. The minimum atomic E-state index is -5.08. The first kappa shape index (κ1) is 23.4. The molecular weight excluding hydrogens is 433 g/mol. The largest absolute Gasteiger partial charge is 0.490 e. The number of carbonyl (C=O) groups excluding carboxylic acids is 2. The summed E-state index contributed by atoms with van der Waals surface area (Å²) in [4.78, 5) is 39.2. The van der Waals surface area contributed by atoms with Crippen LogP contribution in [0.2, 0.25) is 0 Å². The molecule has 2 aliphatic rings. The SMILES string of the molecule is NCC(=O)N1CCC2(CCC2NC(=O)c2cc3cn[nH]c3cn2)CC1.O=C(O)C(F)(F)F. The molecule has 10 nitrogen and oxygen atoms in total. The van der Waals surface area contributed by atoms with Crippen LogP contribution in [0.5, 0.6) is 0 Å². The minimum absolute atomic E-state index is 0.00683. The van der Waals surface area contributed by atoms with Crippen molar-refractivity contribution in [2.75, 3.05) is 19.6 Å². The fraction of sp³-hybridized carbons (Fsp3) is 0.526. The van der Waals surface area contributed by atoms with E-state index in [0.29, 0.717) is 5.69 Å². The number of nitrogens with two attached hydrogens (primary N) is 1.